The third kappa shape index (κ3) is 5.29. The van der Waals surface area contributed by atoms with Gasteiger partial charge in [0.2, 0.25) is 0 Å². The number of phenols is 1. The van der Waals surface area contributed by atoms with Crippen LogP contribution in [0.5, 0.6) is 11.5 Å². The molecule has 0 saturated carbocycles. The Morgan fingerprint density at radius 2 is 1.82 bits per heavy atom. The highest BCUT2D eigenvalue weighted by molar-refractivity contribution is 6.42. The van der Waals surface area contributed by atoms with Crippen LogP contribution < -0.4 is 10.1 Å². The van der Waals surface area contributed by atoms with Gasteiger partial charge >= 0.3 is 0 Å². The van der Waals surface area contributed by atoms with Crippen molar-refractivity contribution in [2.24, 2.45) is 5.92 Å². The fraction of sp³-hybridized carbons (Fsp3) is 0.440. The minimum Gasteiger partial charge on any atom is -0.504 e. The molecule has 2 bridgehead atoms. The monoisotopic (exact) mass is 488 g/mol. The van der Waals surface area contributed by atoms with Crippen LogP contribution in [-0.4, -0.2) is 46.2 Å². The number of hydrogen-bond acceptors (Lipinski definition) is 6. The second kappa shape index (κ2) is 10.3. The normalized spacial score (nSPS) is 22.0. The van der Waals surface area contributed by atoms with Gasteiger partial charge in [0, 0.05) is 29.2 Å². The topological polar surface area (TPSA) is 70.5 Å². The second-order valence-electron chi connectivity index (χ2n) is 8.81. The van der Waals surface area contributed by atoms with E-state index in [1.165, 1.54) is 51.6 Å². The molecular formula is C25H30Cl2N4O2. The second-order valence-corrected chi connectivity index (χ2v) is 9.63. The van der Waals surface area contributed by atoms with E-state index in [4.69, 9.17) is 27.9 Å². The van der Waals surface area contributed by atoms with Crippen LogP contribution >= 0.6 is 23.2 Å². The van der Waals surface area contributed by atoms with Crippen molar-refractivity contribution < 1.29 is 9.84 Å². The van der Waals surface area contributed by atoms with E-state index in [0.29, 0.717) is 32.5 Å². The molecule has 0 aliphatic carbocycles. The molecule has 5 rings (SSSR count). The molecule has 2 fully saturated rings. The van der Waals surface area contributed by atoms with E-state index in [2.05, 4.69) is 34.2 Å². The first-order valence-electron chi connectivity index (χ1n) is 11.3. The molecule has 1 aromatic heterocycles. The van der Waals surface area contributed by atoms with Crippen LogP contribution in [0.1, 0.15) is 39.0 Å². The van der Waals surface area contributed by atoms with E-state index in [-0.39, 0.29) is 5.75 Å². The minimum absolute atomic E-state index is 0.0224. The van der Waals surface area contributed by atoms with Gasteiger partial charge in [-0.3, -0.25) is 0 Å². The lowest BCUT2D eigenvalue weighted by atomic mass is 9.89. The first-order chi connectivity index (χ1) is 15.9. The number of aromatic hydroxyl groups is 1. The van der Waals surface area contributed by atoms with Crippen LogP contribution in [0.25, 0.3) is 10.9 Å². The molecule has 2 atom stereocenters. The predicted octanol–water partition coefficient (Wildman–Crippen LogP) is 6.66. The Labute approximate surface area is 204 Å². The molecule has 2 saturated heterocycles. The largest absolute Gasteiger partial charge is 0.504 e. The van der Waals surface area contributed by atoms with Gasteiger partial charge in [-0.2, -0.15) is 0 Å². The average molecular weight is 489 g/mol. The molecule has 33 heavy (non-hydrogen) atoms. The van der Waals surface area contributed by atoms with Crippen molar-refractivity contribution in [3.63, 3.8) is 0 Å². The van der Waals surface area contributed by atoms with Crippen LogP contribution in [0.2, 0.25) is 10.0 Å². The van der Waals surface area contributed by atoms with Crippen LogP contribution in [0.15, 0.2) is 36.7 Å². The van der Waals surface area contributed by atoms with Gasteiger partial charge in [-0.25, -0.2) is 9.97 Å². The van der Waals surface area contributed by atoms with Gasteiger partial charge in [0.1, 0.15) is 12.1 Å². The van der Waals surface area contributed by atoms with Crippen LogP contribution in [0.3, 0.4) is 0 Å². The quantitative estimate of drug-likeness (QED) is 0.427. The first kappa shape index (κ1) is 23.9. The molecule has 2 aliphatic heterocycles. The standard InChI is InChI=1S/C15H11Cl2N3O2.C10H19N/c1-22-14-5-9-12(6-13(14)21)18-7-19-15(9)20-8-2-3-10(16)11(17)4-8;1-3-8-6-9-4-5-10(7-8)11(9)2/h2-7,21H,1H3,(H,18,19,20);8-10H,3-7H2,1-2H3. The number of hydrogen-bond donors (Lipinski definition) is 2. The summed E-state index contributed by atoms with van der Waals surface area (Å²) >= 11 is 11.9. The number of ether oxygens (including phenoxy) is 1. The average Bonchev–Trinajstić information content (AvgIpc) is 3.01. The van der Waals surface area contributed by atoms with Gasteiger partial charge in [-0.15, -0.1) is 0 Å². The lowest BCUT2D eigenvalue weighted by Gasteiger charge is -2.35. The van der Waals surface area contributed by atoms with E-state index >= 15 is 0 Å². The van der Waals surface area contributed by atoms with Crippen molar-refractivity contribution >= 4 is 45.6 Å². The number of phenolic OH excluding ortho intramolecular Hbond substituents is 1. The van der Waals surface area contributed by atoms with E-state index in [0.717, 1.165) is 23.7 Å². The smallest absolute Gasteiger partial charge is 0.161 e. The molecular weight excluding hydrogens is 459 g/mol. The molecule has 0 radical (unpaired) electrons. The summed E-state index contributed by atoms with van der Waals surface area (Å²) in [6.07, 6.45) is 8.71. The maximum absolute atomic E-state index is 9.82. The Morgan fingerprint density at radius 1 is 1.09 bits per heavy atom. The molecule has 0 amide bonds. The summed E-state index contributed by atoms with van der Waals surface area (Å²) in [5.74, 6) is 1.99. The SMILES string of the molecule is CCC1CC2CCC(C1)N2C.COc1cc2c(Nc3ccc(Cl)c(Cl)c3)ncnc2cc1O. The van der Waals surface area contributed by atoms with Gasteiger partial charge in [-0.1, -0.05) is 36.5 Å². The molecule has 8 heteroatoms. The number of benzene rings is 2. The first-order valence-corrected chi connectivity index (χ1v) is 12.1. The summed E-state index contributed by atoms with van der Waals surface area (Å²) in [5.41, 5.74) is 1.33. The van der Waals surface area contributed by atoms with Crippen molar-refractivity contribution in [2.45, 2.75) is 51.1 Å². The third-order valence-electron chi connectivity index (χ3n) is 6.89. The summed E-state index contributed by atoms with van der Waals surface area (Å²) in [5, 5.41) is 14.6. The zero-order chi connectivity index (χ0) is 23.5. The van der Waals surface area contributed by atoms with Crippen molar-refractivity contribution in [3.05, 3.63) is 46.7 Å². The van der Waals surface area contributed by atoms with Crippen molar-refractivity contribution in [3.8, 4) is 11.5 Å². The van der Waals surface area contributed by atoms with Gasteiger partial charge < -0.3 is 20.1 Å². The molecule has 0 spiro atoms. The highest BCUT2D eigenvalue weighted by atomic mass is 35.5. The fourth-order valence-electron chi connectivity index (χ4n) is 4.90. The van der Waals surface area contributed by atoms with E-state index in [9.17, 15) is 5.11 Å². The molecule has 2 aliphatic rings. The Kier molecular flexibility index (Phi) is 7.47. The van der Waals surface area contributed by atoms with Gasteiger partial charge in [-0.05, 0) is 62.9 Å². The molecule has 2 N–H and O–H groups in total. The molecule has 3 aromatic rings. The number of rotatable bonds is 4. The van der Waals surface area contributed by atoms with Gasteiger partial charge in [0.25, 0.3) is 0 Å². The summed E-state index contributed by atoms with van der Waals surface area (Å²) in [7, 11) is 3.80. The number of nitrogens with one attached hydrogen (secondary N) is 1. The summed E-state index contributed by atoms with van der Waals surface area (Å²) in [6, 6.07) is 10.3. The molecule has 3 heterocycles. The minimum atomic E-state index is 0.0224. The van der Waals surface area contributed by atoms with Crippen molar-refractivity contribution in [2.75, 3.05) is 19.5 Å². The summed E-state index contributed by atoms with van der Waals surface area (Å²) in [4.78, 5) is 11.0. The van der Waals surface area contributed by atoms with Gasteiger partial charge in [0.05, 0.1) is 22.7 Å². The van der Waals surface area contributed by atoms with E-state index in [1.54, 1.807) is 24.3 Å². The zero-order valence-corrected chi connectivity index (χ0v) is 20.7. The zero-order valence-electron chi connectivity index (χ0n) is 19.2. The molecule has 6 nitrogen and oxygen atoms in total. The number of fused-ring (bicyclic) bond motifs is 3. The van der Waals surface area contributed by atoms with Crippen LogP contribution in [0.4, 0.5) is 11.5 Å². The number of aromatic nitrogens is 2. The predicted molar refractivity (Wildman–Crippen MR) is 135 cm³/mol. The summed E-state index contributed by atoms with van der Waals surface area (Å²) in [6.45, 7) is 2.34. The fourth-order valence-corrected chi connectivity index (χ4v) is 5.20. The van der Waals surface area contributed by atoms with Crippen LogP contribution in [-0.2, 0) is 0 Å². The van der Waals surface area contributed by atoms with Crippen molar-refractivity contribution in [1.82, 2.24) is 14.9 Å². The summed E-state index contributed by atoms with van der Waals surface area (Å²) < 4.78 is 5.12. The number of piperidine rings is 1. The maximum atomic E-state index is 9.82. The lowest BCUT2D eigenvalue weighted by Crippen LogP contribution is -2.39. The third-order valence-corrected chi connectivity index (χ3v) is 7.63. The lowest BCUT2D eigenvalue weighted by molar-refractivity contribution is 0.132. The molecule has 2 aromatic carbocycles. The number of halogens is 2. The van der Waals surface area contributed by atoms with Crippen molar-refractivity contribution in [1.29, 1.82) is 0 Å². The van der Waals surface area contributed by atoms with Crippen LogP contribution in [0, 0.1) is 5.92 Å². The highest BCUT2D eigenvalue weighted by Gasteiger charge is 2.37. The number of anilines is 2. The maximum Gasteiger partial charge on any atom is 0.161 e. The Balaban J connectivity index is 0.000000196. The number of nitrogens with zero attached hydrogens (tertiary/aromatic N) is 3. The molecule has 176 valence electrons. The highest BCUT2D eigenvalue weighted by Crippen LogP contribution is 2.38. The number of methoxy groups -OCH3 is 1. The molecule has 2 unspecified atom stereocenters. The van der Waals surface area contributed by atoms with Gasteiger partial charge in [0.15, 0.2) is 11.5 Å². The Hall–Kier alpha value is -2.28. The van der Waals surface area contributed by atoms with E-state index < -0.39 is 0 Å². The van der Waals surface area contributed by atoms with E-state index in [1.807, 2.05) is 0 Å². The Bertz CT molecular complexity index is 1110. The Morgan fingerprint density at radius 3 is 2.45 bits per heavy atom.